The van der Waals surface area contributed by atoms with Gasteiger partial charge in [0.05, 0.1) is 12.7 Å². The average Bonchev–Trinajstić information content (AvgIpc) is 3.03. The van der Waals surface area contributed by atoms with Crippen LogP contribution in [-0.4, -0.2) is 79.6 Å². The van der Waals surface area contributed by atoms with Crippen LogP contribution >= 0.6 is 0 Å². The topological polar surface area (TPSA) is 226 Å². The van der Waals surface area contributed by atoms with E-state index < -0.39 is 69.8 Å². The molecular weight excluding hydrogens is 676 g/mol. The molecule has 0 fully saturated rings. The second kappa shape index (κ2) is 19.8. The van der Waals surface area contributed by atoms with Crippen LogP contribution < -0.4 is 31.7 Å². The van der Waals surface area contributed by atoms with Crippen molar-refractivity contribution in [3.63, 3.8) is 0 Å². The summed E-state index contributed by atoms with van der Waals surface area (Å²) in [5.41, 5.74) is 8.27. The second-order valence-electron chi connectivity index (χ2n) is 13.7. The molecule has 0 aromatic heterocycles. The lowest BCUT2D eigenvalue weighted by Crippen LogP contribution is -2.58. The molecule has 6 atom stereocenters. The summed E-state index contributed by atoms with van der Waals surface area (Å²) in [5.74, 6) is -4.34. The summed E-state index contributed by atoms with van der Waals surface area (Å²) in [5, 5.41) is 20.5. The van der Waals surface area contributed by atoms with Crippen molar-refractivity contribution in [2.24, 2.45) is 23.5 Å². The van der Waals surface area contributed by atoms with Gasteiger partial charge in [0, 0.05) is 24.2 Å². The summed E-state index contributed by atoms with van der Waals surface area (Å²) in [6.07, 6.45) is 1.45. The normalized spacial score (nSPS) is 15.1. The molecule has 2 rings (SSSR count). The Labute approximate surface area is 301 Å². The summed E-state index contributed by atoms with van der Waals surface area (Å²) < 4.78 is 25.6. The van der Waals surface area contributed by atoms with Crippen molar-refractivity contribution < 1.29 is 37.5 Å². The average molecular weight is 731 g/mol. The molecule has 8 N–H and O–H groups in total. The van der Waals surface area contributed by atoms with Gasteiger partial charge in [-0.15, -0.1) is 0 Å². The van der Waals surface area contributed by atoms with Gasteiger partial charge in [-0.1, -0.05) is 90.4 Å². The number of carbonyl (C=O) groups is 5. The fraction of sp³-hybridized carbons (Fsp3) is 0.528. The van der Waals surface area contributed by atoms with Crippen LogP contribution in [0.5, 0.6) is 0 Å². The standard InChI is InChI=1S/C36H54N6O8S/c1-8-23(6)33(35(46)41-32(22(4)5)36(47)48)40-30(44)20-27(37)28(18-24-13-10-9-11-14-24)38-34(45)31(21(2)3)39-29(43)19-25-15-12-16-26(17-25)42-51(7,49)50/h9-17,21-23,27-28,31-33,42H,8,18-20,37H2,1-7H3,(H,38,45)(H,39,43)(H,40,44)(H,41,46)(H,47,48)/t23-,27-,28-,31-,32-,33-/m0/s1. The van der Waals surface area contributed by atoms with E-state index in [2.05, 4.69) is 26.0 Å². The van der Waals surface area contributed by atoms with Crippen molar-refractivity contribution in [3.8, 4) is 0 Å². The number of benzene rings is 2. The van der Waals surface area contributed by atoms with E-state index in [0.717, 1.165) is 11.8 Å². The van der Waals surface area contributed by atoms with E-state index >= 15 is 0 Å². The van der Waals surface area contributed by atoms with E-state index in [4.69, 9.17) is 5.73 Å². The van der Waals surface area contributed by atoms with Crippen molar-refractivity contribution in [3.05, 3.63) is 65.7 Å². The molecular formula is C36H54N6O8S. The van der Waals surface area contributed by atoms with Crippen LogP contribution in [0.25, 0.3) is 0 Å². The van der Waals surface area contributed by atoms with Crippen LogP contribution in [0.1, 0.15) is 65.5 Å². The van der Waals surface area contributed by atoms with Gasteiger partial charge in [0.25, 0.3) is 0 Å². The summed E-state index contributed by atoms with van der Waals surface area (Å²) in [6, 6.07) is 10.8. The Bertz CT molecular complexity index is 1600. The number of hydrogen-bond acceptors (Lipinski definition) is 8. The third-order valence-corrected chi connectivity index (χ3v) is 9.07. The highest BCUT2D eigenvalue weighted by atomic mass is 32.2. The van der Waals surface area contributed by atoms with E-state index in [1.807, 2.05) is 37.3 Å². The number of carboxylic acids is 1. The third-order valence-electron chi connectivity index (χ3n) is 8.47. The van der Waals surface area contributed by atoms with E-state index in [0.29, 0.717) is 17.7 Å². The Hall–Kier alpha value is -4.50. The van der Waals surface area contributed by atoms with Gasteiger partial charge in [-0.2, -0.15) is 0 Å². The number of sulfonamides is 1. The number of carbonyl (C=O) groups excluding carboxylic acids is 4. The third kappa shape index (κ3) is 14.7. The molecule has 4 amide bonds. The van der Waals surface area contributed by atoms with Crippen LogP contribution in [0.15, 0.2) is 54.6 Å². The number of nitrogens with one attached hydrogen (secondary N) is 5. The maximum absolute atomic E-state index is 13.7. The van der Waals surface area contributed by atoms with Crippen LogP contribution in [-0.2, 0) is 46.8 Å². The monoisotopic (exact) mass is 730 g/mol. The summed E-state index contributed by atoms with van der Waals surface area (Å²) in [6.45, 7) is 10.5. The van der Waals surface area contributed by atoms with Gasteiger partial charge < -0.3 is 32.1 Å². The zero-order valence-corrected chi connectivity index (χ0v) is 31.3. The molecule has 51 heavy (non-hydrogen) atoms. The lowest BCUT2D eigenvalue weighted by atomic mass is 9.94. The van der Waals surface area contributed by atoms with Crippen LogP contribution in [0, 0.1) is 17.8 Å². The Balaban J connectivity index is 2.22. The lowest BCUT2D eigenvalue weighted by Gasteiger charge is -2.30. The minimum absolute atomic E-state index is 0.113. The molecule has 0 radical (unpaired) electrons. The first kappa shape index (κ1) is 42.7. The fourth-order valence-electron chi connectivity index (χ4n) is 5.40. The van der Waals surface area contributed by atoms with E-state index in [9.17, 15) is 37.5 Å². The SMILES string of the molecule is CC[C@H](C)[C@H](NC(=O)C[C@H](N)[C@H](Cc1ccccc1)NC(=O)[C@@H](NC(=O)Cc1cccc(NS(C)(=O)=O)c1)C(C)C)C(=O)N[C@H](C(=O)O)C(C)C. The predicted octanol–water partition coefficient (Wildman–Crippen LogP) is 1.94. The van der Waals surface area contributed by atoms with Crippen molar-refractivity contribution in [2.75, 3.05) is 11.0 Å². The lowest BCUT2D eigenvalue weighted by molar-refractivity contribution is -0.143. The molecule has 0 spiro atoms. The quantitative estimate of drug-likeness (QED) is 0.106. The Morgan fingerprint density at radius 3 is 1.86 bits per heavy atom. The Kier molecular flexibility index (Phi) is 16.5. The molecule has 15 heteroatoms. The van der Waals surface area contributed by atoms with Crippen LogP contribution in [0.4, 0.5) is 5.69 Å². The van der Waals surface area contributed by atoms with Crippen molar-refractivity contribution in [1.29, 1.82) is 0 Å². The second-order valence-corrected chi connectivity index (χ2v) is 15.5. The number of anilines is 1. The number of amides is 4. The summed E-state index contributed by atoms with van der Waals surface area (Å²) in [4.78, 5) is 65.1. The highest BCUT2D eigenvalue weighted by Gasteiger charge is 2.33. The zero-order chi connectivity index (χ0) is 38.5. The minimum Gasteiger partial charge on any atom is -0.480 e. The maximum atomic E-state index is 13.7. The molecule has 0 aliphatic heterocycles. The molecule has 0 heterocycles. The number of hydrogen-bond donors (Lipinski definition) is 7. The number of carboxylic acid groups (broad SMARTS) is 1. The molecule has 2 aromatic carbocycles. The van der Waals surface area contributed by atoms with Crippen molar-refractivity contribution in [1.82, 2.24) is 21.3 Å². The molecule has 282 valence electrons. The highest BCUT2D eigenvalue weighted by molar-refractivity contribution is 7.92. The number of aliphatic carboxylic acids is 1. The van der Waals surface area contributed by atoms with Crippen molar-refractivity contribution in [2.45, 2.75) is 97.4 Å². The summed E-state index contributed by atoms with van der Waals surface area (Å²) in [7, 11) is -3.51. The van der Waals surface area contributed by atoms with Gasteiger partial charge in [0.1, 0.15) is 18.1 Å². The molecule has 2 aromatic rings. The van der Waals surface area contributed by atoms with Crippen LogP contribution in [0.3, 0.4) is 0 Å². The largest absolute Gasteiger partial charge is 0.480 e. The smallest absolute Gasteiger partial charge is 0.326 e. The molecule has 0 unspecified atom stereocenters. The number of rotatable bonds is 20. The Morgan fingerprint density at radius 1 is 0.745 bits per heavy atom. The zero-order valence-electron chi connectivity index (χ0n) is 30.4. The first-order valence-corrected chi connectivity index (χ1v) is 19.0. The molecule has 0 saturated carbocycles. The first-order valence-electron chi connectivity index (χ1n) is 17.1. The summed E-state index contributed by atoms with van der Waals surface area (Å²) >= 11 is 0. The molecule has 0 aliphatic rings. The number of nitrogens with two attached hydrogens (primary N) is 1. The molecule has 14 nitrogen and oxygen atoms in total. The molecule has 0 bridgehead atoms. The molecule has 0 saturated heterocycles. The van der Waals surface area contributed by atoms with E-state index in [1.165, 1.54) is 6.07 Å². The predicted molar refractivity (Wildman–Crippen MR) is 196 cm³/mol. The highest BCUT2D eigenvalue weighted by Crippen LogP contribution is 2.15. The van der Waals surface area contributed by atoms with Gasteiger partial charge in [0.2, 0.25) is 33.7 Å². The minimum atomic E-state index is -3.51. The van der Waals surface area contributed by atoms with Gasteiger partial charge >= 0.3 is 5.97 Å². The van der Waals surface area contributed by atoms with E-state index in [-0.39, 0.29) is 37.0 Å². The first-order chi connectivity index (χ1) is 23.8. The maximum Gasteiger partial charge on any atom is 0.326 e. The fourth-order valence-corrected chi connectivity index (χ4v) is 5.96. The van der Waals surface area contributed by atoms with Gasteiger partial charge in [-0.3, -0.25) is 23.9 Å². The van der Waals surface area contributed by atoms with Crippen molar-refractivity contribution >= 4 is 45.3 Å². The molecule has 0 aliphatic carbocycles. The van der Waals surface area contributed by atoms with Gasteiger partial charge in [-0.05, 0) is 47.4 Å². The van der Waals surface area contributed by atoms with Gasteiger partial charge in [0.15, 0.2) is 0 Å². The van der Waals surface area contributed by atoms with Gasteiger partial charge in [-0.25, -0.2) is 13.2 Å². The Morgan fingerprint density at radius 2 is 1.31 bits per heavy atom. The van der Waals surface area contributed by atoms with E-state index in [1.54, 1.807) is 52.8 Å². The van der Waals surface area contributed by atoms with Crippen LogP contribution in [0.2, 0.25) is 0 Å².